The van der Waals surface area contributed by atoms with Crippen LogP contribution < -0.4 is 10.5 Å². The number of nitrogens with two attached hydrogens (primary N) is 1. The van der Waals surface area contributed by atoms with Crippen LogP contribution in [0, 0.1) is 0 Å². The van der Waals surface area contributed by atoms with Gasteiger partial charge in [0.25, 0.3) is 0 Å². The lowest BCUT2D eigenvalue weighted by atomic mass is 9.90. The number of fused-ring (bicyclic) bond motifs is 1. The maximum absolute atomic E-state index is 13.3. The maximum Gasteiger partial charge on any atom is 0.416 e. The number of ether oxygens (including phenoxy) is 1. The number of nitrogens with zero attached hydrogens (tertiary/aromatic N) is 4. The number of pyridine rings is 1. The summed E-state index contributed by atoms with van der Waals surface area (Å²) in [6.45, 7) is 10.8. The minimum Gasteiger partial charge on any atom is -0.434 e. The summed E-state index contributed by atoms with van der Waals surface area (Å²) in [6, 6.07) is 4.00. The first kappa shape index (κ1) is 31.0. The molecule has 3 heterocycles. The molecule has 1 aliphatic rings. The number of piperidine rings is 1. The number of anilines is 1. The van der Waals surface area contributed by atoms with Crippen molar-refractivity contribution in [2.75, 3.05) is 32.0 Å². The highest BCUT2D eigenvalue weighted by molar-refractivity contribution is 6.74. The number of alkyl halides is 5. The van der Waals surface area contributed by atoms with Crippen molar-refractivity contribution >= 4 is 24.9 Å². The second kappa shape index (κ2) is 11.8. The topological polar surface area (TPSA) is 86.4 Å². The highest BCUT2D eigenvalue weighted by atomic mass is 28.4. The van der Waals surface area contributed by atoms with Crippen molar-refractivity contribution in [2.24, 2.45) is 0 Å². The van der Waals surface area contributed by atoms with Crippen molar-refractivity contribution in [2.45, 2.75) is 70.5 Å². The molecule has 1 aliphatic heterocycles. The predicted octanol–water partition coefficient (Wildman–Crippen LogP) is 7.10. The fraction of sp³-hybridized carbons (Fsp3) is 0.536. The zero-order valence-corrected chi connectivity index (χ0v) is 24.9. The molecule has 2 N–H and O–H groups in total. The van der Waals surface area contributed by atoms with Crippen LogP contribution in [-0.4, -0.2) is 61.3 Å². The van der Waals surface area contributed by atoms with Gasteiger partial charge in [0.2, 0.25) is 0 Å². The summed E-state index contributed by atoms with van der Waals surface area (Å²) in [4.78, 5) is 6.96. The van der Waals surface area contributed by atoms with Crippen molar-refractivity contribution in [1.29, 1.82) is 0 Å². The van der Waals surface area contributed by atoms with E-state index in [1.165, 1.54) is 0 Å². The lowest BCUT2D eigenvalue weighted by molar-refractivity contribution is -0.138. The monoisotopic (exact) mass is 597 g/mol. The van der Waals surface area contributed by atoms with Crippen LogP contribution in [0.2, 0.25) is 18.1 Å². The van der Waals surface area contributed by atoms with E-state index in [4.69, 9.17) is 10.2 Å². The Hall–Kier alpha value is -2.90. The summed E-state index contributed by atoms with van der Waals surface area (Å²) in [5.74, 6) is -0.545. The highest BCUT2D eigenvalue weighted by Gasteiger charge is 2.37. The van der Waals surface area contributed by atoms with Crippen LogP contribution in [0.5, 0.6) is 5.75 Å². The van der Waals surface area contributed by atoms with Gasteiger partial charge in [0.15, 0.2) is 14.1 Å². The Morgan fingerprint density at radius 3 is 2.51 bits per heavy atom. The summed E-state index contributed by atoms with van der Waals surface area (Å²) in [7, 11) is -1.87. The third-order valence-electron chi connectivity index (χ3n) is 8.10. The highest BCUT2D eigenvalue weighted by Crippen LogP contribution is 2.42. The van der Waals surface area contributed by atoms with Gasteiger partial charge in [-0.2, -0.15) is 22.0 Å². The van der Waals surface area contributed by atoms with Crippen molar-refractivity contribution < 1.29 is 31.1 Å². The third-order valence-corrected chi connectivity index (χ3v) is 12.6. The van der Waals surface area contributed by atoms with Gasteiger partial charge in [-0.05, 0) is 61.8 Å². The van der Waals surface area contributed by atoms with Crippen LogP contribution in [0.4, 0.5) is 27.8 Å². The Labute approximate surface area is 237 Å². The molecule has 1 atom stereocenters. The van der Waals surface area contributed by atoms with Gasteiger partial charge in [-0.1, -0.05) is 20.8 Å². The third kappa shape index (κ3) is 6.95. The number of halogens is 5. The van der Waals surface area contributed by atoms with E-state index in [1.54, 1.807) is 12.3 Å². The van der Waals surface area contributed by atoms with E-state index in [0.29, 0.717) is 35.7 Å². The molecule has 41 heavy (non-hydrogen) atoms. The summed E-state index contributed by atoms with van der Waals surface area (Å²) in [5, 5.41) is 9.20. The molecular weight excluding hydrogens is 561 g/mol. The molecule has 7 nitrogen and oxygen atoms in total. The molecule has 2 aromatic heterocycles. The summed E-state index contributed by atoms with van der Waals surface area (Å²) in [5.41, 5.74) is 5.87. The van der Waals surface area contributed by atoms with Gasteiger partial charge in [-0.15, -0.1) is 10.2 Å². The molecule has 0 amide bonds. The minimum atomic E-state index is -4.74. The smallest absolute Gasteiger partial charge is 0.416 e. The van der Waals surface area contributed by atoms with Crippen LogP contribution in [0.3, 0.4) is 0 Å². The number of nitrogen functional groups attached to an aromatic ring is 1. The number of hydrogen-bond acceptors (Lipinski definition) is 7. The van der Waals surface area contributed by atoms with Gasteiger partial charge in [-0.25, -0.2) is 0 Å². The van der Waals surface area contributed by atoms with Gasteiger partial charge in [0.05, 0.1) is 11.3 Å². The molecule has 3 aromatic rings. The molecule has 1 fully saturated rings. The molecule has 0 spiro atoms. The van der Waals surface area contributed by atoms with E-state index in [9.17, 15) is 22.0 Å². The van der Waals surface area contributed by atoms with Gasteiger partial charge in [0.1, 0.15) is 11.4 Å². The van der Waals surface area contributed by atoms with E-state index in [2.05, 4.69) is 58.7 Å². The molecule has 1 unspecified atom stereocenters. The van der Waals surface area contributed by atoms with Crippen molar-refractivity contribution in [3.8, 4) is 17.0 Å². The van der Waals surface area contributed by atoms with Crippen LogP contribution in [0.25, 0.3) is 22.0 Å². The predicted molar refractivity (Wildman–Crippen MR) is 150 cm³/mol. The average Bonchev–Trinajstić information content (AvgIpc) is 2.87. The molecule has 0 saturated carbocycles. The first-order valence-corrected chi connectivity index (χ1v) is 16.4. The molecule has 4 rings (SSSR count). The van der Waals surface area contributed by atoms with Crippen LogP contribution in [-0.2, 0) is 10.6 Å². The van der Waals surface area contributed by atoms with Crippen molar-refractivity contribution in [3.05, 3.63) is 41.7 Å². The molecule has 1 aromatic carbocycles. The van der Waals surface area contributed by atoms with Crippen molar-refractivity contribution in [3.63, 3.8) is 0 Å². The van der Waals surface area contributed by atoms with E-state index in [-0.39, 0.29) is 28.0 Å². The van der Waals surface area contributed by atoms with Crippen LogP contribution in [0.15, 0.2) is 30.5 Å². The van der Waals surface area contributed by atoms with E-state index >= 15 is 0 Å². The van der Waals surface area contributed by atoms with Crippen molar-refractivity contribution in [1.82, 2.24) is 20.1 Å². The lowest BCUT2D eigenvalue weighted by Crippen LogP contribution is -2.44. The van der Waals surface area contributed by atoms with E-state index < -0.39 is 32.4 Å². The normalized spacial score (nSPS) is 17.4. The Kier molecular flexibility index (Phi) is 8.91. The fourth-order valence-electron chi connectivity index (χ4n) is 4.88. The number of likely N-dealkylation sites (tertiary alicyclic amines) is 1. The van der Waals surface area contributed by atoms with Crippen LogP contribution >= 0.6 is 0 Å². The molecule has 0 bridgehead atoms. The quantitative estimate of drug-likeness (QED) is 0.219. The summed E-state index contributed by atoms with van der Waals surface area (Å²) in [6.07, 6.45) is -1.39. The van der Waals surface area contributed by atoms with Gasteiger partial charge < -0.3 is 19.8 Å². The van der Waals surface area contributed by atoms with E-state index in [1.807, 2.05) is 0 Å². The summed E-state index contributed by atoms with van der Waals surface area (Å²) >= 11 is 0. The van der Waals surface area contributed by atoms with Gasteiger partial charge in [-0.3, -0.25) is 4.98 Å². The zero-order chi connectivity index (χ0) is 30.2. The molecular formula is C28H36F5N5O2Si. The van der Waals surface area contributed by atoms with Gasteiger partial charge in [0, 0.05) is 48.1 Å². The molecule has 0 aliphatic carbocycles. The molecule has 13 heteroatoms. The number of hydrogen-bond donors (Lipinski definition) is 1. The first-order valence-electron chi connectivity index (χ1n) is 13.5. The number of rotatable bonds is 8. The number of aromatic nitrogens is 3. The average molecular weight is 598 g/mol. The Bertz CT molecular complexity index is 1380. The van der Waals surface area contributed by atoms with Gasteiger partial charge >= 0.3 is 12.8 Å². The second-order valence-corrected chi connectivity index (χ2v) is 16.7. The standard InChI is InChI=1S/C28H36F5N5O2Si/c1-27(2,3)41(4,5)39-14-13-38-12-6-7-17(16-38)23-22-20(10-11-35-23)24(36-37-25(22)34)19-9-8-18(28(31,32)33)15-21(19)40-26(29)30/h8-11,15,17,26H,6-7,12-14,16H2,1-5H3,(H2,34,37). The Morgan fingerprint density at radius 1 is 1.12 bits per heavy atom. The second-order valence-electron chi connectivity index (χ2n) is 11.9. The van der Waals surface area contributed by atoms with Crippen LogP contribution in [0.1, 0.15) is 50.8 Å². The fourth-order valence-corrected chi connectivity index (χ4v) is 5.91. The zero-order valence-electron chi connectivity index (χ0n) is 23.9. The SMILES string of the molecule is CC(C)(C)[Si](C)(C)OCCN1CCCC(c2nccc3c(-c4ccc(C(F)(F)F)cc4OC(F)F)nnc(N)c23)C1. The molecule has 224 valence electrons. The molecule has 0 radical (unpaired) electrons. The maximum atomic E-state index is 13.3. The number of benzene rings is 1. The minimum absolute atomic E-state index is 0.00376. The molecule has 1 saturated heterocycles. The largest absolute Gasteiger partial charge is 0.434 e. The first-order chi connectivity index (χ1) is 19.1. The van der Waals surface area contributed by atoms with E-state index in [0.717, 1.165) is 38.1 Å². The lowest BCUT2D eigenvalue weighted by Gasteiger charge is -2.38. The Morgan fingerprint density at radius 2 is 1.85 bits per heavy atom. The Balaban J connectivity index is 1.66. The summed E-state index contributed by atoms with van der Waals surface area (Å²) < 4.78 is 77.2.